The Morgan fingerprint density at radius 2 is 1.93 bits per heavy atom. The molecular weight excluding hydrogens is 360 g/mol. The lowest BCUT2D eigenvalue weighted by molar-refractivity contribution is 0.102. The normalized spacial score (nSPS) is 11.4. The lowest BCUT2D eigenvalue weighted by Gasteiger charge is -2.12. The average molecular weight is 378 g/mol. The van der Waals surface area contributed by atoms with Gasteiger partial charge in [-0.2, -0.15) is 5.10 Å². The summed E-state index contributed by atoms with van der Waals surface area (Å²) in [7, 11) is 0. The predicted octanol–water partition coefficient (Wildman–Crippen LogP) is 2.74. The Kier molecular flexibility index (Phi) is 4.31. The minimum Gasteiger partial charge on any atom is -0.408 e. The number of aromatic nitrogens is 3. The molecule has 8 nitrogen and oxygen atoms in total. The molecule has 1 amide bonds. The van der Waals surface area contributed by atoms with Crippen LogP contribution in [0.5, 0.6) is 0 Å². The predicted molar refractivity (Wildman–Crippen MR) is 106 cm³/mol. The quantitative estimate of drug-likeness (QED) is 0.567. The smallest absolute Gasteiger partial charge is 0.408 e. The van der Waals surface area contributed by atoms with Gasteiger partial charge in [0.1, 0.15) is 0 Å². The lowest BCUT2D eigenvalue weighted by Crippen LogP contribution is -2.29. The first-order chi connectivity index (χ1) is 13.4. The van der Waals surface area contributed by atoms with E-state index in [-0.39, 0.29) is 17.2 Å². The monoisotopic (exact) mass is 378 g/mol. The second-order valence-electron chi connectivity index (χ2n) is 6.95. The van der Waals surface area contributed by atoms with E-state index in [2.05, 4.69) is 15.4 Å². The highest BCUT2D eigenvalue weighted by atomic mass is 16.4. The Morgan fingerprint density at radius 1 is 1.18 bits per heavy atom. The number of aromatic amines is 1. The van der Waals surface area contributed by atoms with E-state index in [1.807, 2.05) is 13.8 Å². The standard InChI is InChI=1S/C20H18N4O4/c1-11(2)10-24-19(26)14-6-4-3-5-13(14)17(23-24)18(25)21-12-7-8-16-15(9-12)22-20(27)28-16/h3-9,11H,10H2,1-2H3,(H,21,25)(H,22,27). The zero-order valence-electron chi connectivity index (χ0n) is 15.4. The van der Waals surface area contributed by atoms with Gasteiger partial charge in [-0.25, -0.2) is 9.48 Å². The van der Waals surface area contributed by atoms with Crippen molar-refractivity contribution in [3.63, 3.8) is 0 Å². The Morgan fingerprint density at radius 3 is 2.68 bits per heavy atom. The SMILES string of the molecule is CC(C)Cn1nc(C(=O)Nc2ccc3oc(=O)[nH]c3c2)c2ccccc2c1=O. The van der Waals surface area contributed by atoms with Crippen molar-refractivity contribution >= 4 is 33.5 Å². The molecule has 0 radical (unpaired) electrons. The number of carbonyl (C=O) groups excluding carboxylic acids is 1. The van der Waals surface area contributed by atoms with Crippen molar-refractivity contribution in [2.24, 2.45) is 5.92 Å². The molecule has 0 bridgehead atoms. The summed E-state index contributed by atoms with van der Waals surface area (Å²) in [6, 6.07) is 11.7. The number of benzene rings is 2. The molecule has 4 rings (SSSR count). The fourth-order valence-electron chi connectivity index (χ4n) is 3.09. The van der Waals surface area contributed by atoms with E-state index >= 15 is 0 Å². The van der Waals surface area contributed by atoms with Crippen molar-refractivity contribution < 1.29 is 9.21 Å². The largest absolute Gasteiger partial charge is 0.417 e. The zero-order chi connectivity index (χ0) is 19.8. The van der Waals surface area contributed by atoms with Crippen LogP contribution in [0.25, 0.3) is 21.9 Å². The van der Waals surface area contributed by atoms with Crippen LogP contribution >= 0.6 is 0 Å². The van der Waals surface area contributed by atoms with Crippen molar-refractivity contribution in [3.8, 4) is 0 Å². The molecule has 0 saturated heterocycles. The van der Waals surface area contributed by atoms with Crippen molar-refractivity contribution in [1.29, 1.82) is 0 Å². The molecule has 0 unspecified atom stereocenters. The van der Waals surface area contributed by atoms with Crippen molar-refractivity contribution in [1.82, 2.24) is 14.8 Å². The van der Waals surface area contributed by atoms with E-state index < -0.39 is 11.7 Å². The summed E-state index contributed by atoms with van der Waals surface area (Å²) in [6.07, 6.45) is 0. The van der Waals surface area contributed by atoms with Gasteiger partial charge in [0, 0.05) is 17.6 Å². The molecule has 0 aliphatic carbocycles. The number of rotatable bonds is 4. The third-order valence-corrected chi connectivity index (χ3v) is 4.30. The maximum absolute atomic E-state index is 12.9. The Balaban J connectivity index is 1.77. The number of hydrogen-bond acceptors (Lipinski definition) is 5. The van der Waals surface area contributed by atoms with Crippen LogP contribution in [0.4, 0.5) is 5.69 Å². The molecule has 28 heavy (non-hydrogen) atoms. The highest BCUT2D eigenvalue weighted by Gasteiger charge is 2.17. The molecular formula is C20H18N4O4. The first kappa shape index (κ1) is 17.7. The van der Waals surface area contributed by atoms with Crippen LogP contribution in [0.2, 0.25) is 0 Å². The molecule has 142 valence electrons. The van der Waals surface area contributed by atoms with Gasteiger partial charge in [-0.05, 0) is 30.2 Å². The van der Waals surface area contributed by atoms with E-state index in [4.69, 9.17) is 4.42 Å². The summed E-state index contributed by atoms with van der Waals surface area (Å²) >= 11 is 0. The van der Waals surface area contributed by atoms with Gasteiger partial charge in [0.05, 0.1) is 10.9 Å². The number of H-pyrrole nitrogens is 1. The van der Waals surface area contributed by atoms with Crippen LogP contribution in [-0.2, 0) is 6.54 Å². The Labute approximate surface area is 158 Å². The summed E-state index contributed by atoms with van der Waals surface area (Å²) in [6.45, 7) is 4.36. The molecule has 4 aromatic rings. The highest BCUT2D eigenvalue weighted by molar-refractivity contribution is 6.11. The Hall–Kier alpha value is -3.68. The fourth-order valence-corrected chi connectivity index (χ4v) is 3.09. The minimum absolute atomic E-state index is 0.164. The van der Waals surface area contributed by atoms with Gasteiger partial charge < -0.3 is 9.73 Å². The molecule has 0 fully saturated rings. The minimum atomic E-state index is -0.563. The average Bonchev–Trinajstić information content (AvgIpc) is 3.03. The third kappa shape index (κ3) is 3.20. The molecule has 2 N–H and O–H groups in total. The lowest BCUT2D eigenvalue weighted by atomic mass is 10.1. The van der Waals surface area contributed by atoms with Gasteiger partial charge in [0.15, 0.2) is 11.3 Å². The number of amides is 1. The van der Waals surface area contributed by atoms with Gasteiger partial charge in [-0.15, -0.1) is 0 Å². The van der Waals surface area contributed by atoms with E-state index in [1.54, 1.807) is 42.5 Å². The highest BCUT2D eigenvalue weighted by Crippen LogP contribution is 2.19. The molecule has 8 heteroatoms. The summed E-state index contributed by atoms with van der Waals surface area (Å²) in [4.78, 5) is 39.4. The van der Waals surface area contributed by atoms with Gasteiger partial charge in [0.2, 0.25) is 0 Å². The van der Waals surface area contributed by atoms with Crippen molar-refractivity contribution in [2.45, 2.75) is 20.4 Å². The van der Waals surface area contributed by atoms with Crippen LogP contribution in [0.3, 0.4) is 0 Å². The number of nitrogens with one attached hydrogen (secondary N) is 2. The second-order valence-corrected chi connectivity index (χ2v) is 6.95. The van der Waals surface area contributed by atoms with E-state index in [0.717, 1.165) is 0 Å². The van der Waals surface area contributed by atoms with Crippen molar-refractivity contribution in [2.75, 3.05) is 5.32 Å². The summed E-state index contributed by atoms with van der Waals surface area (Å²) < 4.78 is 6.29. The van der Waals surface area contributed by atoms with Crippen LogP contribution < -0.4 is 16.6 Å². The maximum Gasteiger partial charge on any atom is 0.417 e. The van der Waals surface area contributed by atoms with Gasteiger partial charge in [-0.3, -0.25) is 14.6 Å². The van der Waals surface area contributed by atoms with Crippen LogP contribution in [0.15, 0.2) is 56.5 Å². The number of anilines is 1. The first-order valence-electron chi connectivity index (χ1n) is 8.86. The number of fused-ring (bicyclic) bond motifs is 2. The number of oxazole rings is 1. The number of hydrogen-bond donors (Lipinski definition) is 2. The summed E-state index contributed by atoms with van der Waals surface area (Å²) in [5, 5.41) is 8.02. The van der Waals surface area contributed by atoms with Crippen LogP contribution in [-0.4, -0.2) is 20.7 Å². The first-order valence-corrected chi connectivity index (χ1v) is 8.86. The molecule has 2 aromatic carbocycles. The number of nitrogens with zero attached hydrogens (tertiary/aromatic N) is 2. The van der Waals surface area contributed by atoms with Gasteiger partial charge >= 0.3 is 5.76 Å². The van der Waals surface area contributed by atoms with E-state index in [0.29, 0.717) is 34.1 Å². The Bertz CT molecular complexity index is 1310. The summed E-state index contributed by atoms with van der Waals surface area (Å²) in [5.74, 6) is -0.812. The van der Waals surface area contributed by atoms with E-state index in [9.17, 15) is 14.4 Å². The third-order valence-electron chi connectivity index (χ3n) is 4.30. The van der Waals surface area contributed by atoms with Crippen LogP contribution in [0.1, 0.15) is 24.3 Å². The molecule has 0 aliphatic heterocycles. The van der Waals surface area contributed by atoms with E-state index in [1.165, 1.54) is 4.68 Å². The summed E-state index contributed by atoms with van der Waals surface area (Å²) in [5.41, 5.74) is 1.29. The topological polar surface area (TPSA) is 110 Å². The zero-order valence-corrected chi connectivity index (χ0v) is 15.4. The molecule has 0 aliphatic rings. The van der Waals surface area contributed by atoms with Gasteiger partial charge in [0.25, 0.3) is 11.5 Å². The van der Waals surface area contributed by atoms with Gasteiger partial charge in [-0.1, -0.05) is 32.0 Å². The fraction of sp³-hybridized carbons (Fsp3) is 0.200. The molecule has 2 aromatic heterocycles. The van der Waals surface area contributed by atoms with Crippen molar-refractivity contribution in [3.05, 3.63) is 69.1 Å². The molecule has 2 heterocycles. The molecule has 0 saturated carbocycles. The number of carbonyl (C=O) groups is 1. The van der Waals surface area contributed by atoms with Crippen LogP contribution in [0, 0.1) is 5.92 Å². The second kappa shape index (κ2) is 6.80. The maximum atomic E-state index is 12.9. The molecule has 0 atom stereocenters. The molecule has 0 spiro atoms.